The summed E-state index contributed by atoms with van der Waals surface area (Å²) in [6.07, 6.45) is 5.77. The fourth-order valence-electron chi connectivity index (χ4n) is 3.16. The van der Waals surface area contributed by atoms with Gasteiger partial charge in [0.1, 0.15) is 12.1 Å². The zero-order valence-electron chi connectivity index (χ0n) is 14.1. The highest BCUT2D eigenvalue weighted by Crippen LogP contribution is 2.28. The third kappa shape index (κ3) is 3.05. The van der Waals surface area contributed by atoms with E-state index >= 15 is 0 Å². The monoisotopic (exact) mass is 336 g/mol. The van der Waals surface area contributed by atoms with Gasteiger partial charge in [-0.05, 0) is 44.0 Å². The molecule has 25 heavy (non-hydrogen) atoms. The van der Waals surface area contributed by atoms with Crippen LogP contribution in [-0.2, 0) is 6.54 Å². The lowest BCUT2D eigenvalue weighted by Crippen LogP contribution is -2.19. The van der Waals surface area contributed by atoms with Gasteiger partial charge in [0.15, 0.2) is 5.69 Å². The first-order valence-corrected chi connectivity index (χ1v) is 8.59. The number of anilines is 2. The molecule has 1 N–H and O–H groups in total. The number of hydrogen-bond donors (Lipinski definition) is 1. The van der Waals surface area contributed by atoms with E-state index in [4.69, 9.17) is 0 Å². The van der Waals surface area contributed by atoms with Crippen molar-refractivity contribution in [3.63, 3.8) is 0 Å². The molecule has 1 fully saturated rings. The van der Waals surface area contributed by atoms with Crippen LogP contribution in [0.1, 0.15) is 30.3 Å². The highest BCUT2D eigenvalue weighted by molar-refractivity contribution is 6.04. The van der Waals surface area contributed by atoms with Crippen molar-refractivity contribution >= 4 is 28.3 Å². The maximum Gasteiger partial charge on any atom is 0.276 e. The standard InChI is InChI=1S/C18H20N6O/c1-2-24-10-7-16(22-24)18(25)21-13-5-6-15-14(11-13)17(20-12-19-15)23-8-3-4-9-23/h5-7,10-12H,2-4,8-9H2,1H3,(H,21,25). The van der Waals surface area contributed by atoms with E-state index in [2.05, 4.69) is 25.3 Å². The van der Waals surface area contributed by atoms with Crippen LogP contribution < -0.4 is 10.2 Å². The van der Waals surface area contributed by atoms with Crippen molar-refractivity contribution in [1.82, 2.24) is 19.7 Å². The summed E-state index contributed by atoms with van der Waals surface area (Å²) >= 11 is 0. The molecule has 0 saturated carbocycles. The van der Waals surface area contributed by atoms with Crippen LogP contribution in [0.25, 0.3) is 10.9 Å². The normalized spacial score (nSPS) is 14.2. The highest BCUT2D eigenvalue weighted by atomic mass is 16.1. The summed E-state index contributed by atoms with van der Waals surface area (Å²) in [7, 11) is 0. The summed E-state index contributed by atoms with van der Waals surface area (Å²) in [5.74, 6) is 0.722. The zero-order valence-corrected chi connectivity index (χ0v) is 14.1. The number of rotatable bonds is 4. The Morgan fingerprint density at radius 2 is 2.04 bits per heavy atom. The fraction of sp³-hybridized carbons (Fsp3) is 0.333. The lowest BCUT2D eigenvalue weighted by molar-refractivity contribution is 0.102. The van der Waals surface area contributed by atoms with Crippen LogP contribution in [0, 0.1) is 0 Å². The van der Waals surface area contributed by atoms with E-state index in [1.54, 1.807) is 23.3 Å². The summed E-state index contributed by atoms with van der Waals surface area (Å²) in [6, 6.07) is 7.44. The maximum absolute atomic E-state index is 12.4. The minimum atomic E-state index is -0.217. The minimum absolute atomic E-state index is 0.217. The Balaban J connectivity index is 1.63. The number of aromatic nitrogens is 4. The Morgan fingerprint density at radius 3 is 2.80 bits per heavy atom. The molecule has 1 aliphatic rings. The lowest BCUT2D eigenvalue weighted by Gasteiger charge is -2.18. The number of hydrogen-bond acceptors (Lipinski definition) is 5. The summed E-state index contributed by atoms with van der Waals surface area (Å²) in [6.45, 7) is 4.74. The van der Waals surface area contributed by atoms with Crippen molar-refractivity contribution in [2.45, 2.75) is 26.3 Å². The first-order valence-electron chi connectivity index (χ1n) is 8.59. The van der Waals surface area contributed by atoms with Crippen molar-refractivity contribution in [2.24, 2.45) is 0 Å². The quantitative estimate of drug-likeness (QED) is 0.793. The van der Waals surface area contributed by atoms with Gasteiger partial charge in [0.2, 0.25) is 0 Å². The average molecular weight is 336 g/mol. The van der Waals surface area contributed by atoms with Crippen LogP contribution in [0.15, 0.2) is 36.8 Å². The molecule has 4 rings (SSSR count). The van der Waals surface area contributed by atoms with Crippen LogP contribution in [0.4, 0.5) is 11.5 Å². The number of carbonyl (C=O) groups is 1. The Morgan fingerprint density at radius 1 is 1.20 bits per heavy atom. The Labute approximate surface area is 145 Å². The van der Waals surface area contributed by atoms with E-state index < -0.39 is 0 Å². The Bertz CT molecular complexity index is 913. The highest BCUT2D eigenvalue weighted by Gasteiger charge is 2.17. The summed E-state index contributed by atoms with van der Waals surface area (Å²) in [5, 5.41) is 8.12. The first kappa shape index (κ1) is 15.6. The summed E-state index contributed by atoms with van der Waals surface area (Å²) in [4.78, 5) is 23.5. The first-order chi connectivity index (χ1) is 12.2. The predicted octanol–water partition coefficient (Wildman–Crippen LogP) is 2.70. The Hall–Kier alpha value is -2.96. The number of fused-ring (bicyclic) bond motifs is 1. The van der Waals surface area contributed by atoms with Gasteiger partial charge in [-0.2, -0.15) is 5.10 Å². The van der Waals surface area contributed by atoms with E-state index in [0.717, 1.165) is 42.0 Å². The molecule has 1 aromatic carbocycles. The molecule has 0 atom stereocenters. The predicted molar refractivity (Wildman–Crippen MR) is 96.8 cm³/mol. The van der Waals surface area contributed by atoms with Gasteiger partial charge in [-0.25, -0.2) is 9.97 Å². The molecule has 0 spiro atoms. The SMILES string of the molecule is CCn1ccc(C(=O)Nc2ccc3ncnc(N4CCCC4)c3c2)n1. The second-order valence-electron chi connectivity index (χ2n) is 6.13. The van der Waals surface area contributed by atoms with Crippen LogP contribution in [0.2, 0.25) is 0 Å². The van der Waals surface area contributed by atoms with Gasteiger partial charge in [0.25, 0.3) is 5.91 Å². The van der Waals surface area contributed by atoms with Crippen molar-refractivity contribution in [3.05, 3.63) is 42.5 Å². The van der Waals surface area contributed by atoms with E-state index in [1.165, 1.54) is 12.8 Å². The molecule has 0 radical (unpaired) electrons. The molecule has 0 bridgehead atoms. The van der Waals surface area contributed by atoms with Crippen molar-refractivity contribution < 1.29 is 4.79 Å². The smallest absolute Gasteiger partial charge is 0.276 e. The molecular weight excluding hydrogens is 316 g/mol. The molecular formula is C18H20N6O. The summed E-state index contributed by atoms with van der Waals surface area (Å²) in [5.41, 5.74) is 2.01. The Kier molecular flexibility index (Phi) is 4.05. The van der Waals surface area contributed by atoms with Crippen LogP contribution >= 0.6 is 0 Å². The third-order valence-corrected chi connectivity index (χ3v) is 4.48. The van der Waals surface area contributed by atoms with Crippen LogP contribution in [0.5, 0.6) is 0 Å². The van der Waals surface area contributed by atoms with Gasteiger partial charge in [-0.3, -0.25) is 9.48 Å². The maximum atomic E-state index is 12.4. The molecule has 1 amide bonds. The summed E-state index contributed by atoms with van der Waals surface area (Å²) < 4.78 is 1.73. The average Bonchev–Trinajstić information content (AvgIpc) is 3.33. The number of benzene rings is 1. The van der Waals surface area contributed by atoms with Gasteiger partial charge in [0, 0.05) is 36.9 Å². The van der Waals surface area contributed by atoms with E-state index in [1.807, 2.05) is 25.1 Å². The molecule has 0 aliphatic carbocycles. The van der Waals surface area contributed by atoms with Gasteiger partial charge in [-0.1, -0.05) is 0 Å². The zero-order chi connectivity index (χ0) is 17.2. The molecule has 7 heteroatoms. The fourth-order valence-corrected chi connectivity index (χ4v) is 3.16. The lowest BCUT2D eigenvalue weighted by atomic mass is 10.2. The molecule has 0 unspecified atom stereocenters. The number of carbonyl (C=O) groups excluding carboxylic acids is 1. The van der Waals surface area contributed by atoms with Crippen molar-refractivity contribution in [1.29, 1.82) is 0 Å². The number of amides is 1. The van der Waals surface area contributed by atoms with E-state index in [0.29, 0.717) is 5.69 Å². The second-order valence-corrected chi connectivity index (χ2v) is 6.13. The van der Waals surface area contributed by atoms with Gasteiger partial charge in [0.05, 0.1) is 5.52 Å². The number of aryl methyl sites for hydroxylation is 1. The van der Waals surface area contributed by atoms with Gasteiger partial charge < -0.3 is 10.2 Å². The molecule has 3 aromatic rings. The minimum Gasteiger partial charge on any atom is -0.356 e. The topological polar surface area (TPSA) is 75.9 Å². The molecule has 7 nitrogen and oxygen atoms in total. The number of nitrogens with one attached hydrogen (secondary N) is 1. The van der Waals surface area contributed by atoms with Crippen LogP contribution in [0.3, 0.4) is 0 Å². The van der Waals surface area contributed by atoms with E-state index in [9.17, 15) is 4.79 Å². The molecule has 1 saturated heterocycles. The van der Waals surface area contributed by atoms with E-state index in [-0.39, 0.29) is 5.91 Å². The van der Waals surface area contributed by atoms with Crippen LogP contribution in [-0.4, -0.2) is 38.7 Å². The van der Waals surface area contributed by atoms with Crippen molar-refractivity contribution in [3.8, 4) is 0 Å². The largest absolute Gasteiger partial charge is 0.356 e. The van der Waals surface area contributed by atoms with Gasteiger partial charge >= 0.3 is 0 Å². The molecule has 1 aliphatic heterocycles. The second kappa shape index (κ2) is 6.51. The molecule has 3 heterocycles. The third-order valence-electron chi connectivity index (χ3n) is 4.48. The van der Waals surface area contributed by atoms with Crippen molar-refractivity contribution in [2.75, 3.05) is 23.3 Å². The molecule has 2 aromatic heterocycles. The van der Waals surface area contributed by atoms with Gasteiger partial charge in [-0.15, -0.1) is 0 Å². The number of nitrogens with zero attached hydrogens (tertiary/aromatic N) is 5. The molecule has 128 valence electrons.